The quantitative estimate of drug-likeness (QED) is 0.344. The Kier molecular flexibility index (Phi) is 4.70. The minimum atomic E-state index is -0.556. The van der Waals surface area contributed by atoms with Crippen LogP contribution < -0.4 is 21.3 Å². The molecule has 31 heavy (non-hydrogen) atoms. The van der Waals surface area contributed by atoms with E-state index >= 15 is 0 Å². The number of anilines is 2. The largest absolute Gasteiger partial charge is 0.351 e. The Morgan fingerprint density at radius 2 is 2.10 bits per heavy atom. The van der Waals surface area contributed by atoms with Crippen molar-refractivity contribution in [2.45, 2.75) is 32.4 Å². The molecule has 11 heteroatoms. The molecule has 1 saturated carbocycles. The van der Waals surface area contributed by atoms with Crippen molar-refractivity contribution in [3.63, 3.8) is 0 Å². The van der Waals surface area contributed by atoms with Gasteiger partial charge in [-0.05, 0) is 49.1 Å². The number of carbonyl (C=O) groups excluding carboxylic acids is 2. The van der Waals surface area contributed by atoms with Crippen molar-refractivity contribution in [3.05, 3.63) is 51.8 Å². The van der Waals surface area contributed by atoms with Crippen LogP contribution in [0.25, 0.3) is 11.7 Å². The number of aryl methyl sites for hydroxylation is 1. The summed E-state index contributed by atoms with van der Waals surface area (Å²) >= 11 is 6.05. The second-order valence-electron chi connectivity index (χ2n) is 7.52. The van der Waals surface area contributed by atoms with Gasteiger partial charge in [0.2, 0.25) is 11.9 Å². The number of hydrogen-bond donors (Lipinski definition) is 4. The van der Waals surface area contributed by atoms with E-state index in [-0.39, 0.29) is 5.70 Å². The molecule has 0 bridgehead atoms. The van der Waals surface area contributed by atoms with Crippen molar-refractivity contribution in [2.75, 3.05) is 10.6 Å². The number of benzene rings is 1. The fraction of sp³-hybridized carbons (Fsp3) is 0.250. The molecule has 10 nitrogen and oxygen atoms in total. The smallest absolute Gasteiger partial charge is 0.326 e. The predicted octanol–water partition coefficient (Wildman–Crippen LogP) is 2.45. The van der Waals surface area contributed by atoms with Gasteiger partial charge in [0, 0.05) is 23.2 Å². The first-order valence-corrected chi connectivity index (χ1v) is 10.2. The molecule has 2 aliphatic rings. The van der Waals surface area contributed by atoms with Crippen molar-refractivity contribution in [2.24, 2.45) is 0 Å². The van der Waals surface area contributed by atoms with Crippen LogP contribution in [-0.4, -0.2) is 37.6 Å². The van der Waals surface area contributed by atoms with Crippen molar-refractivity contribution in [3.8, 4) is 0 Å². The first kappa shape index (κ1) is 19.3. The van der Waals surface area contributed by atoms with Gasteiger partial charge < -0.3 is 16.0 Å². The number of nitrogens with zero attached hydrogens (tertiary/aromatic N) is 4. The van der Waals surface area contributed by atoms with Crippen LogP contribution in [0, 0.1) is 6.92 Å². The molecule has 1 saturated heterocycles. The molecule has 0 unspecified atom stereocenters. The third kappa shape index (κ3) is 4.02. The van der Waals surface area contributed by atoms with Gasteiger partial charge in [-0.1, -0.05) is 17.7 Å². The van der Waals surface area contributed by atoms with Crippen LogP contribution in [0.15, 0.2) is 30.1 Å². The molecule has 3 heterocycles. The average molecular weight is 439 g/mol. The zero-order chi connectivity index (χ0) is 21.5. The number of urea groups is 1. The van der Waals surface area contributed by atoms with E-state index in [0.717, 1.165) is 24.0 Å². The number of hydrogen-bond acceptors (Lipinski definition) is 7. The van der Waals surface area contributed by atoms with E-state index in [0.29, 0.717) is 40.7 Å². The van der Waals surface area contributed by atoms with Crippen LogP contribution in [0.3, 0.4) is 0 Å². The molecule has 2 aromatic heterocycles. The molecular weight excluding hydrogens is 420 g/mol. The topological polar surface area (TPSA) is 125 Å². The minimum Gasteiger partial charge on any atom is -0.351 e. The second-order valence-corrected chi connectivity index (χ2v) is 7.95. The highest BCUT2D eigenvalue weighted by Crippen LogP contribution is 2.26. The minimum absolute atomic E-state index is 0.140. The summed E-state index contributed by atoms with van der Waals surface area (Å²) in [7, 11) is 0. The van der Waals surface area contributed by atoms with Gasteiger partial charge in [-0.25, -0.2) is 4.79 Å². The molecular formula is C20H19ClN8O2. The molecule has 1 aromatic carbocycles. The number of imide groups is 1. The zero-order valence-electron chi connectivity index (χ0n) is 16.6. The number of halogens is 1. The highest BCUT2D eigenvalue weighted by Gasteiger charge is 2.26. The summed E-state index contributed by atoms with van der Waals surface area (Å²) in [5.74, 6) is 0.490. The van der Waals surface area contributed by atoms with Crippen LogP contribution in [0.2, 0.25) is 5.02 Å². The number of nitrogens with one attached hydrogen (secondary N) is 4. The summed E-state index contributed by atoms with van der Waals surface area (Å²) in [5, 5.41) is 16.3. The Bertz CT molecular complexity index is 1250. The Balaban J connectivity index is 1.49. The van der Waals surface area contributed by atoms with Crippen molar-refractivity contribution in [1.29, 1.82) is 0 Å². The number of carbonyl (C=O) groups is 2. The summed E-state index contributed by atoms with van der Waals surface area (Å²) in [5.41, 5.74) is 3.37. The first-order valence-electron chi connectivity index (χ1n) is 9.81. The van der Waals surface area contributed by atoms with Gasteiger partial charge >= 0.3 is 6.03 Å². The molecule has 1 aliphatic heterocycles. The lowest BCUT2D eigenvalue weighted by Crippen LogP contribution is -2.22. The van der Waals surface area contributed by atoms with Crippen LogP contribution in [0.4, 0.5) is 16.7 Å². The monoisotopic (exact) mass is 438 g/mol. The molecule has 3 aromatic rings. The summed E-state index contributed by atoms with van der Waals surface area (Å²) in [6.45, 7) is 2.51. The van der Waals surface area contributed by atoms with Gasteiger partial charge in [-0.2, -0.15) is 19.6 Å². The van der Waals surface area contributed by atoms with E-state index in [2.05, 4.69) is 36.3 Å². The second kappa shape index (κ2) is 7.55. The summed E-state index contributed by atoms with van der Waals surface area (Å²) in [6, 6.07) is 5.51. The molecule has 0 radical (unpaired) electrons. The Morgan fingerprint density at radius 1 is 1.26 bits per heavy atom. The van der Waals surface area contributed by atoms with E-state index in [4.69, 9.17) is 11.6 Å². The van der Waals surface area contributed by atoms with Crippen LogP contribution in [0.5, 0.6) is 0 Å². The predicted molar refractivity (Wildman–Crippen MR) is 116 cm³/mol. The molecule has 0 spiro atoms. The van der Waals surface area contributed by atoms with Gasteiger partial charge in [0.05, 0.1) is 6.20 Å². The Labute approximate surface area is 182 Å². The van der Waals surface area contributed by atoms with Gasteiger partial charge in [0.1, 0.15) is 5.70 Å². The molecule has 0 atom stereocenters. The molecule has 1 aliphatic carbocycles. The molecule has 4 N–H and O–H groups in total. The molecule has 5 rings (SSSR count). The van der Waals surface area contributed by atoms with Gasteiger partial charge in [-0.3, -0.25) is 10.1 Å². The van der Waals surface area contributed by atoms with Crippen LogP contribution in [0.1, 0.15) is 29.5 Å². The molecule has 2 fully saturated rings. The maximum absolute atomic E-state index is 11.9. The summed E-state index contributed by atoms with van der Waals surface area (Å²) in [4.78, 5) is 32.5. The van der Waals surface area contributed by atoms with E-state index in [1.165, 1.54) is 0 Å². The SMILES string of the molecule is Cc1cc(Cl)ccc1CNc1nc(NC2CC2)n2ncc(/C=C3\NC(=O)NC3=O)c2n1. The number of rotatable bonds is 6. The highest BCUT2D eigenvalue weighted by atomic mass is 35.5. The third-order valence-electron chi connectivity index (χ3n) is 5.07. The normalized spacial score (nSPS) is 17.2. The van der Waals surface area contributed by atoms with Crippen LogP contribution >= 0.6 is 11.6 Å². The lowest BCUT2D eigenvalue weighted by Gasteiger charge is -2.11. The standard InChI is InChI=1S/C20H19ClN8O2/c1-10-6-13(21)3-2-11(10)8-22-18-26-16-12(7-15-17(30)27-20(31)25-15)9-23-29(16)19(28-18)24-14-4-5-14/h2-3,6-7,9,14H,4-5,8H2,1H3,(H2,22,24,26,28)(H2,25,27,30,31)/b15-7-. The van der Waals surface area contributed by atoms with E-state index < -0.39 is 11.9 Å². The Morgan fingerprint density at radius 3 is 2.81 bits per heavy atom. The fourth-order valence-corrected chi connectivity index (χ4v) is 3.48. The summed E-state index contributed by atoms with van der Waals surface area (Å²) < 4.78 is 1.60. The highest BCUT2D eigenvalue weighted by molar-refractivity contribution is 6.30. The summed E-state index contributed by atoms with van der Waals surface area (Å²) in [6.07, 6.45) is 5.27. The van der Waals surface area contributed by atoms with E-state index in [9.17, 15) is 9.59 Å². The van der Waals surface area contributed by atoms with Crippen molar-refractivity contribution < 1.29 is 9.59 Å². The zero-order valence-corrected chi connectivity index (χ0v) is 17.3. The lowest BCUT2D eigenvalue weighted by molar-refractivity contribution is -0.115. The lowest BCUT2D eigenvalue weighted by atomic mass is 10.1. The van der Waals surface area contributed by atoms with Crippen molar-refractivity contribution >= 4 is 47.2 Å². The van der Waals surface area contributed by atoms with E-state index in [1.54, 1.807) is 16.8 Å². The average Bonchev–Trinajstić information content (AvgIpc) is 3.36. The maximum atomic E-state index is 11.9. The van der Waals surface area contributed by atoms with Crippen molar-refractivity contribution in [1.82, 2.24) is 30.2 Å². The molecule has 3 amide bonds. The van der Waals surface area contributed by atoms with Gasteiger partial charge in [0.25, 0.3) is 5.91 Å². The third-order valence-corrected chi connectivity index (χ3v) is 5.30. The fourth-order valence-electron chi connectivity index (χ4n) is 3.25. The van der Waals surface area contributed by atoms with Gasteiger partial charge in [0.15, 0.2) is 5.65 Å². The molecule has 158 valence electrons. The maximum Gasteiger partial charge on any atom is 0.326 e. The number of aromatic nitrogens is 4. The van der Waals surface area contributed by atoms with E-state index in [1.807, 2.05) is 25.1 Å². The van der Waals surface area contributed by atoms with Gasteiger partial charge in [-0.15, -0.1) is 0 Å². The number of fused-ring (bicyclic) bond motifs is 1. The first-order chi connectivity index (χ1) is 15.0. The van der Waals surface area contributed by atoms with Crippen LogP contribution in [-0.2, 0) is 11.3 Å². The number of amides is 3. The Hall–Kier alpha value is -3.66.